The average molecular weight is 439 g/mol. The third-order valence-electron chi connectivity index (χ3n) is 4.46. The predicted molar refractivity (Wildman–Crippen MR) is 103 cm³/mol. The fraction of sp³-hybridized carbons (Fsp3) is 0.368. The van der Waals surface area contributed by atoms with Crippen LogP contribution in [0.2, 0.25) is 0 Å². The van der Waals surface area contributed by atoms with Crippen molar-refractivity contribution < 1.29 is 31.6 Å². The van der Waals surface area contributed by atoms with Gasteiger partial charge in [0.2, 0.25) is 10.0 Å². The fourth-order valence-electron chi connectivity index (χ4n) is 2.94. The van der Waals surface area contributed by atoms with Crippen LogP contribution in [0.4, 0.5) is 4.39 Å². The number of rotatable bonds is 7. The molecular formula is C19H22FN3O6S. The number of halogens is 1. The van der Waals surface area contributed by atoms with Crippen molar-refractivity contribution in [3.05, 3.63) is 54.2 Å². The lowest BCUT2D eigenvalue weighted by Gasteiger charge is -2.34. The number of amides is 2. The molecule has 2 aromatic rings. The van der Waals surface area contributed by atoms with E-state index in [-0.39, 0.29) is 24.5 Å². The van der Waals surface area contributed by atoms with Crippen molar-refractivity contribution in [1.82, 2.24) is 14.9 Å². The van der Waals surface area contributed by atoms with Gasteiger partial charge in [0, 0.05) is 19.5 Å². The zero-order valence-corrected chi connectivity index (χ0v) is 16.9. The molecule has 9 nitrogen and oxygen atoms in total. The summed E-state index contributed by atoms with van der Waals surface area (Å²) in [6, 6.07) is 7.92. The summed E-state index contributed by atoms with van der Waals surface area (Å²) >= 11 is 0. The van der Waals surface area contributed by atoms with Crippen molar-refractivity contribution in [2.45, 2.75) is 24.0 Å². The van der Waals surface area contributed by atoms with E-state index in [1.54, 1.807) is 12.1 Å². The summed E-state index contributed by atoms with van der Waals surface area (Å²) in [6.45, 7) is 0.497. The van der Waals surface area contributed by atoms with Crippen molar-refractivity contribution in [1.29, 1.82) is 0 Å². The number of sulfonamides is 1. The molecule has 1 aliphatic rings. The highest BCUT2D eigenvalue weighted by molar-refractivity contribution is 7.89. The number of carbonyl (C=O) groups excluding carboxylic acids is 2. The van der Waals surface area contributed by atoms with Gasteiger partial charge in [0.25, 0.3) is 0 Å². The number of ether oxygens (including phenoxy) is 1. The van der Waals surface area contributed by atoms with Gasteiger partial charge in [0.15, 0.2) is 0 Å². The molecule has 1 aromatic heterocycles. The Hall–Kier alpha value is -2.76. The topological polar surface area (TPSA) is 118 Å². The Morgan fingerprint density at radius 3 is 2.57 bits per heavy atom. The second-order valence-corrected chi connectivity index (χ2v) is 8.43. The van der Waals surface area contributed by atoms with Crippen molar-refractivity contribution in [2.75, 3.05) is 26.2 Å². The van der Waals surface area contributed by atoms with Gasteiger partial charge in [0.05, 0.1) is 24.3 Å². The summed E-state index contributed by atoms with van der Waals surface area (Å²) in [5.74, 6) is -1.62. The molecule has 3 rings (SSSR count). The van der Waals surface area contributed by atoms with E-state index in [9.17, 15) is 22.4 Å². The third-order valence-corrected chi connectivity index (χ3v) is 6.36. The minimum absolute atomic E-state index is 0.0820. The van der Waals surface area contributed by atoms with E-state index < -0.39 is 33.9 Å². The number of carbonyl (C=O) groups is 2. The van der Waals surface area contributed by atoms with Gasteiger partial charge < -0.3 is 19.8 Å². The van der Waals surface area contributed by atoms with Crippen LogP contribution in [-0.2, 0) is 30.8 Å². The zero-order valence-electron chi connectivity index (χ0n) is 16.0. The van der Waals surface area contributed by atoms with Gasteiger partial charge in [0.1, 0.15) is 17.8 Å². The molecule has 1 aliphatic heterocycles. The highest BCUT2D eigenvalue weighted by Crippen LogP contribution is 2.22. The Morgan fingerprint density at radius 2 is 1.87 bits per heavy atom. The highest BCUT2D eigenvalue weighted by atomic mass is 32.2. The first-order chi connectivity index (χ1) is 14.4. The number of nitrogens with zero attached hydrogens (tertiary/aromatic N) is 1. The molecule has 30 heavy (non-hydrogen) atoms. The van der Waals surface area contributed by atoms with Crippen LogP contribution in [0.1, 0.15) is 12.2 Å². The summed E-state index contributed by atoms with van der Waals surface area (Å²) < 4.78 is 50.6. The fourth-order valence-corrected chi connectivity index (χ4v) is 4.50. The maximum Gasteiger partial charge on any atom is 0.309 e. The second kappa shape index (κ2) is 9.83. The van der Waals surface area contributed by atoms with Crippen molar-refractivity contribution in [3.8, 4) is 0 Å². The first kappa shape index (κ1) is 21.9. The molecule has 1 fully saturated rings. The largest absolute Gasteiger partial charge is 0.469 e. The van der Waals surface area contributed by atoms with E-state index in [1.807, 2.05) is 0 Å². The van der Waals surface area contributed by atoms with Crippen molar-refractivity contribution in [2.24, 2.45) is 0 Å². The molecule has 2 N–H and O–H groups in total. The van der Waals surface area contributed by atoms with Crippen LogP contribution < -0.4 is 10.6 Å². The number of hydrogen-bond acceptors (Lipinski definition) is 6. The SMILES string of the molecule is O=C(NCCc1ccco1)C(=O)NC[C@H]1OCCCN1S(=O)(=O)c1ccc(F)cc1. The van der Waals surface area contributed by atoms with Gasteiger partial charge >= 0.3 is 11.8 Å². The van der Waals surface area contributed by atoms with Gasteiger partial charge in [-0.05, 0) is 42.8 Å². The molecule has 11 heteroatoms. The van der Waals surface area contributed by atoms with E-state index in [0.29, 0.717) is 25.2 Å². The predicted octanol–water partition coefficient (Wildman–Crippen LogP) is 0.631. The molecule has 0 spiro atoms. The zero-order chi connectivity index (χ0) is 21.6. The molecule has 162 valence electrons. The first-order valence-electron chi connectivity index (χ1n) is 9.35. The summed E-state index contributed by atoms with van der Waals surface area (Å²) in [6.07, 6.45) is 1.44. The number of furan rings is 1. The first-order valence-corrected chi connectivity index (χ1v) is 10.8. The molecular weight excluding hydrogens is 417 g/mol. The number of hydrogen-bond donors (Lipinski definition) is 2. The van der Waals surface area contributed by atoms with Gasteiger partial charge in [-0.1, -0.05) is 0 Å². The summed E-state index contributed by atoms with van der Waals surface area (Å²) in [5, 5.41) is 4.85. The molecule has 1 aromatic carbocycles. The van der Waals surface area contributed by atoms with Crippen LogP contribution in [0.3, 0.4) is 0 Å². The van der Waals surface area contributed by atoms with E-state index >= 15 is 0 Å². The minimum atomic E-state index is -3.96. The quantitative estimate of drug-likeness (QED) is 0.611. The van der Waals surface area contributed by atoms with Crippen LogP contribution >= 0.6 is 0 Å². The smallest absolute Gasteiger partial charge is 0.309 e. The van der Waals surface area contributed by atoms with Crippen molar-refractivity contribution >= 4 is 21.8 Å². The maximum absolute atomic E-state index is 13.1. The van der Waals surface area contributed by atoms with Crippen LogP contribution in [-0.4, -0.2) is 57.0 Å². The average Bonchev–Trinajstić information content (AvgIpc) is 3.26. The number of nitrogens with one attached hydrogen (secondary N) is 2. The van der Waals surface area contributed by atoms with Gasteiger partial charge in [-0.3, -0.25) is 9.59 Å². The maximum atomic E-state index is 13.1. The van der Waals surface area contributed by atoms with Gasteiger partial charge in [-0.25, -0.2) is 12.8 Å². The van der Waals surface area contributed by atoms with Gasteiger partial charge in [-0.2, -0.15) is 4.31 Å². The van der Waals surface area contributed by atoms with Crippen LogP contribution in [0.15, 0.2) is 52.0 Å². The monoisotopic (exact) mass is 439 g/mol. The molecule has 0 unspecified atom stereocenters. The third kappa shape index (κ3) is 5.43. The molecule has 0 aliphatic carbocycles. The minimum Gasteiger partial charge on any atom is -0.469 e. The van der Waals surface area contributed by atoms with Crippen LogP contribution in [0, 0.1) is 5.82 Å². The molecule has 1 saturated heterocycles. The summed E-state index contributed by atoms with van der Waals surface area (Å²) in [5.41, 5.74) is 0. The van der Waals surface area contributed by atoms with E-state index in [4.69, 9.17) is 9.15 Å². The number of benzene rings is 1. The van der Waals surface area contributed by atoms with Crippen LogP contribution in [0.5, 0.6) is 0 Å². The Balaban J connectivity index is 1.55. The van der Waals surface area contributed by atoms with E-state index in [2.05, 4.69) is 10.6 Å². The lowest BCUT2D eigenvalue weighted by Crippen LogP contribution is -2.53. The van der Waals surface area contributed by atoms with E-state index in [1.165, 1.54) is 18.4 Å². The molecule has 0 saturated carbocycles. The lowest BCUT2D eigenvalue weighted by atomic mass is 10.3. The Morgan fingerprint density at radius 1 is 1.13 bits per heavy atom. The van der Waals surface area contributed by atoms with Crippen molar-refractivity contribution in [3.63, 3.8) is 0 Å². The standard InChI is InChI=1S/C19H22FN3O6S/c20-14-4-6-16(7-5-14)30(26,27)23-10-2-12-29-17(23)13-22-19(25)18(24)21-9-8-15-3-1-11-28-15/h1,3-7,11,17H,2,8-10,12-13H2,(H,21,24)(H,22,25)/t17-/m1/s1. The molecule has 2 heterocycles. The summed E-state index contributed by atoms with van der Waals surface area (Å²) in [7, 11) is -3.96. The molecule has 0 radical (unpaired) electrons. The summed E-state index contributed by atoms with van der Waals surface area (Å²) in [4.78, 5) is 23.9. The Labute approximate surface area is 173 Å². The van der Waals surface area contributed by atoms with Gasteiger partial charge in [-0.15, -0.1) is 0 Å². The Kier molecular flexibility index (Phi) is 7.19. The Bertz CT molecular complexity index is 963. The molecule has 1 atom stereocenters. The highest BCUT2D eigenvalue weighted by Gasteiger charge is 2.34. The molecule has 0 bridgehead atoms. The van der Waals surface area contributed by atoms with E-state index in [0.717, 1.165) is 16.4 Å². The molecule has 2 amide bonds. The van der Waals surface area contributed by atoms with Crippen LogP contribution in [0.25, 0.3) is 0 Å². The second-order valence-electron chi connectivity index (χ2n) is 6.54. The lowest BCUT2D eigenvalue weighted by molar-refractivity contribution is -0.140. The normalized spacial score (nSPS) is 17.4.